The summed E-state index contributed by atoms with van der Waals surface area (Å²) in [7, 11) is 0. The van der Waals surface area contributed by atoms with E-state index in [-0.39, 0.29) is 43.3 Å². The Balaban J connectivity index is 1.82. The Morgan fingerprint density at radius 3 is 2.54 bits per heavy atom. The molecule has 1 fully saturated rings. The molecule has 7 atom stereocenters. The molecule has 3 unspecified atom stereocenters. The van der Waals surface area contributed by atoms with Gasteiger partial charge in [0.25, 0.3) is 6.29 Å². The van der Waals surface area contributed by atoms with E-state index in [1.54, 1.807) is 19.1 Å². The molecule has 0 heterocycles. The van der Waals surface area contributed by atoms with Crippen LogP contribution in [0.1, 0.15) is 79.6 Å². The minimum Gasteiger partial charge on any atom is -0.450 e. The van der Waals surface area contributed by atoms with Crippen molar-refractivity contribution in [3.8, 4) is 0 Å². The summed E-state index contributed by atoms with van der Waals surface area (Å²) in [5.41, 5.74) is -0.561. The number of aliphatic hydroxyl groups excluding tert-OH is 2. The summed E-state index contributed by atoms with van der Waals surface area (Å²) in [5.74, 6) is -2.40. The number of hydrogen-bond donors (Lipinski definition) is 2. The molecule has 202 valence electrons. The lowest BCUT2D eigenvalue weighted by molar-refractivity contribution is -0.204. The first-order valence-corrected chi connectivity index (χ1v) is 13.3. The van der Waals surface area contributed by atoms with Crippen molar-refractivity contribution in [1.29, 1.82) is 0 Å². The van der Waals surface area contributed by atoms with Gasteiger partial charge in [0.15, 0.2) is 11.4 Å². The van der Waals surface area contributed by atoms with Gasteiger partial charge in [-0.15, -0.1) is 0 Å². The molecule has 4 aliphatic carbocycles. The molecule has 0 aromatic carbocycles. The number of rotatable bonds is 7. The van der Waals surface area contributed by atoms with E-state index in [4.69, 9.17) is 9.47 Å². The third-order valence-corrected chi connectivity index (χ3v) is 9.19. The Hall–Kier alpha value is -2.58. The Kier molecular flexibility index (Phi) is 7.14. The number of aliphatic hydroxyl groups is 2. The second-order valence-electron chi connectivity index (χ2n) is 11.4. The zero-order valence-electron chi connectivity index (χ0n) is 22.3. The molecule has 37 heavy (non-hydrogen) atoms. The number of ether oxygens (including phenoxy) is 2. The highest BCUT2D eigenvalue weighted by molar-refractivity contribution is 6.01. The van der Waals surface area contributed by atoms with Crippen molar-refractivity contribution in [3.05, 3.63) is 34.9 Å². The van der Waals surface area contributed by atoms with Gasteiger partial charge in [-0.25, -0.2) is 0 Å². The molecule has 4 aliphatic rings. The van der Waals surface area contributed by atoms with Crippen LogP contribution in [0.3, 0.4) is 0 Å². The van der Waals surface area contributed by atoms with Gasteiger partial charge in [0.05, 0.1) is 6.10 Å². The first-order valence-electron chi connectivity index (χ1n) is 13.3. The quantitative estimate of drug-likeness (QED) is 0.300. The van der Waals surface area contributed by atoms with Crippen molar-refractivity contribution in [1.82, 2.24) is 0 Å². The van der Waals surface area contributed by atoms with E-state index in [0.717, 1.165) is 16.7 Å². The van der Waals surface area contributed by atoms with E-state index < -0.39 is 46.5 Å². The average molecular weight is 515 g/mol. The van der Waals surface area contributed by atoms with E-state index in [2.05, 4.69) is 6.92 Å². The van der Waals surface area contributed by atoms with Gasteiger partial charge in [0, 0.05) is 23.7 Å². The Morgan fingerprint density at radius 2 is 1.89 bits per heavy atom. The monoisotopic (exact) mass is 514 g/mol. The zero-order valence-corrected chi connectivity index (χ0v) is 22.3. The van der Waals surface area contributed by atoms with Gasteiger partial charge in [-0.1, -0.05) is 39.3 Å². The van der Waals surface area contributed by atoms with Gasteiger partial charge in [-0.05, 0) is 74.2 Å². The summed E-state index contributed by atoms with van der Waals surface area (Å²) in [5, 5.41) is 22.3. The Labute approximate surface area is 217 Å². The second kappa shape index (κ2) is 9.62. The van der Waals surface area contributed by atoms with Crippen LogP contribution in [0.2, 0.25) is 0 Å². The van der Waals surface area contributed by atoms with Crippen molar-refractivity contribution in [3.63, 3.8) is 0 Å². The second-order valence-corrected chi connectivity index (χ2v) is 11.4. The summed E-state index contributed by atoms with van der Waals surface area (Å²) in [6, 6.07) is 0. The molecule has 4 rings (SSSR count). The largest absolute Gasteiger partial charge is 0.450 e. The SMILES string of the molecule is CCCC(=O)O[C@]1(C(=O)C(O)OC(=O)CC)CC[C@H]2C3=C(C(O)C[C@@]21C)[C@@]1(C)C=CC(=O)C=C1C(C)C3. The number of ketones is 2. The van der Waals surface area contributed by atoms with E-state index >= 15 is 0 Å². The Bertz CT molecular complexity index is 1110. The van der Waals surface area contributed by atoms with Gasteiger partial charge in [0.2, 0.25) is 5.78 Å². The van der Waals surface area contributed by atoms with Crippen LogP contribution in [0, 0.1) is 22.7 Å². The van der Waals surface area contributed by atoms with Crippen molar-refractivity contribution >= 4 is 23.5 Å². The first-order chi connectivity index (χ1) is 17.3. The minimum absolute atomic E-state index is 0.0237. The van der Waals surface area contributed by atoms with Crippen LogP contribution in [0.25, 0.3) is 0 Å². The number of carbonyl (C=O) groups excluding carboxylic acids is 4. The number of hydrogen-bond acceptors (Lipinski definition) is 8. The van der Waals surface area contributed by atoms with Gasteiger partial charge in [0.1, 0.15) is 0 Å². The van der Waals surface area contributed by atoms with Crippen LogP contribution < -0.4 is 0 Å². The number of esters is 2. The highest BCUT2D eigenvalue weighted by Crippen LogP contribution is 2.66. The van der Waals surface area contributed by atoms with Crippen LogP contribution in [0.5, 0.6) is 0 Å². The van der Waals surface area contributed by atoms with Crippen LogP contribution in [0.15, 0.2) is 34.9 Å². The molecule has 0 spiro atoms. The lowest BCUT2D eigenvalue weighted by Crippen LogP contribution is -2.61. The van der Waals surface area contributed by atoms with E-state index in [1.165, 1.54) is 0 Å². The smallest absolute Gasteiger partial charge is 0.308 e. The number of allylic oxidation sites excluding steroid dienone is 5. The lowest BCUT2D eigenvalue weighted by atomic mass is 9.51. The predicted molar refractivity (Wildman–Crippen MR) is 134 cm³/mol. The molecule has 0 saturated heterocycles. The molecule has 0 aromatic rings. The van der Waals surface area contributed by atoms with Crippen LogP contribution >= 0.6 is 0 Å². The molecule has 0 bridgehead atoms. The summed E-state index contributed by atoms with van der Waals surface area (Å²) in [4.78, 5) is 50.7. The highest BCUT2D eigenvalue weighted by atomic mass is 16.6. The zero-order chi connectivity index (χ0) is 27.3. The van der Waals surface area contributed by atoms with Crippen molar-refractivity contribution in [2.75, 3.05) is 0 Å². The summed E-state index contributed by atoms with van der Waals surface area (Å²) in [6.07, 6.45) is 4.02. The fourth-order valence-electron chi connectivity index (χ4n) is 7.50. The summed E-state index contributed by atoms with van der Waals surface area (Å²) < 4.78 is 10.9. The highest BCUT2D eigenvalue weighted by Gasteiger charge is 2.69. The van der Waals surface area contributed by atoms with Gasteiger partial charge < -0.3 is 19.7 Å². The van der Waals surface area contributed by atoms with Crippen molar-refractivity contribution < 1.29 is 38.9 Å². The van der Waals surface area contributed by atoms with Crippen molar-refractivity contribution in [2.24, 2.45) is 22.7 Å². The molecule has 8 nitrogen and oxygen atoms in total. The van der Waals surface area contributed by atoms with Gasteiger partial charge in [-0.2, -0.15) is 0 Å². The van der Waals surface area contributed by atoms with Crippen molar-refractivity contribution in [2.45, 2.75) is 97.6 Å². The average Bonchev–Trinajstić information content (AvgIpc) is 3.11. The maximum absolute atomic E-state index is 13.8. The third-order valence-electron chi connectivity index (χ3n) is 9.19. The normalized spacial score (nSPS) is 37.2. The maximum Gasteiger partial charge on any atom is 0.308 e. The fourth-order valence-corrected chi connectivity index (χ4v) is 7.50. The molecular formula is C29H38O8. The topological polar surface area (TPSA) is 127 Å². The van der Waals surface area contributed by atoms with Crippen LogP contribution in [0.4, 0.5) is 0 Å². The van der Waals surface area contributed by atoms with E-state index in [1.807, 2.05) is 26.8 Å². The maximum atomic E-state index is 13.8. The Morgan fingerprint density at radius 1 is 1.19 bits per heavy atom. The van der Waals surface area contributed by atoms with E-state index in [0.29, 0.717) is 19.3 Å². The van der Waals surface area contributed by atoms with Crippen LogP contribution in [-0.4, -0.2) is 51.7 Å². The molecule has 0 aliphatic heterocycles. The fraction of sp³-hybridized carbons (Fsp3) is 0.655. The number of carbonyl (C=O) groups is 4. The molecule has 0 radical (unpaired) electrons. The molecule has 8 heteroatoms. The predicted octanol–water partition coefficient (Wildman–Crippen LogP) is 3.50. The summed E-state index contributed by atoms with van der Waals surface area (Å²) >= 11 is 0. The van der Waals surface area contributed by atoms with Gasteiger partial charge >= 0.3 is 11.9 Å². The van der Waals surface area contributed by atoms with Crippen LogP contribution in [-0.2, 0) is 28.7 Å². The van der Waals surface area contributed by atoms with E-state index in [9.17, 15) is 29.4 Å². The molecule has 0 aromatic heterocycles. The number of Topliss-reactive ketones (excluding diaryl/α,β-unsaturated/α-hetero) is 1. The molecule has 2 N–H and O–H groups in total. The third kappa shape index (κ3) is 4.13. The van der Waals surface area contributed by atoms with Gasteiger partial charge in [-0.3, -0.25) is 19.2 Å². The summed E-state index contributed by atoms with van der Waals surface area (Å²) in [6.45, 7) is 9.28. The molecule has 1 saturated carbocycles. The standard InChI is InChI=1S/C29H38O8/c1-6-8-23(33)37-29(25(34)26(35)36-22(32)7-2)12-10-19-18-13-16(3)20-14-17(30)9-11-27(20,4)24(18)21(31)15-28(19,29)5/h9,11,14,16,19,21,26,31,35H,6-8,10,12-13,15H2,1-5H3/t16?,19-,21?,26?,27-,28-,29-/m0/s1. The lowest BCUT2D eigenvalue weighted by Gasteiger charge is -2.55. The molecular weight excluding hydrogens is 476 g/mol. The first kappa shape index (κ1) is 27.5. The molecule has 0 amide bonds. The minimum atomic E-state index is -2.07. The number of fused-ring (bicyclic) bond motifs is 4.